The number of carbonyl (C=O) groups is 4. The van der Waals surface area contributed by atoms with Crippen molar-refractivity contribution >= 4 is 72.8 Å². The number of thiazole rings is 1. The lowest BCUT2D eigenvalue weighted by Crippen LogP contribution is -2.59. The lowest BCUT2D eigenvalue weighted by Gasteiger charge is -2.28. The predicted molar refractivity (Wildman–Crippen MR) is 230 cm³/mol. The van der Waals surface area contributed by atoms with Crippen molar-refractivity contribution in [2.45, 2.75) is 67.8 Å². The Morgan fingerprint density at radius 3 is 2.60 bits per heavy atom. The number of ether oxygens (including phenoxy) is 4. The molecule has 2 aromatic heterocycles. The van der Waals surface area contributed by atoms with Crippen LogP contribution in [-0.2, 0) is 43.5 Å². The van der Waals surface area contributed by atoms with Crippen molar-refractivity contribution in [2.24, 2.45) is 10.9 Å². The van der Waals surface area contributed by atoms with Crippen LogP contribution >= 0.6 is 11.3 Å². The van der Waals surface area contributed by atoms with Crippen LogP contribution in [0.15, 0.2) is 76.5 Å². The molecule has 4 N–H and O–H groups in total. The van der Waals surface area contributed by atoms with Gasteiger partial charge in [0.05, 0.1) is 56.8 Å². The molecule has 2 fully saturated rings. The molecule has 4 amide bonds. The molecule has 21 heteroatoms. The van der Waals surface area contributed by atoms with Gasteiger partial charge in [-0.05, 0) is 44.5 Å². The summed E-state index contributed by atoms with van der Waals surface area (Å²) in [6.07, 6.45) is 1.93. The molecular weight excluding hydrogens is 857 g/mol. The Morgan fingerprint density at radius 2 is 1.86 bits per heavy atom. The molecule has 1 saturated heterocycles. The number of methoxy groups -OCH3 is 1. The molecule has 1 unspecified atom stereocenters. The fourth-order valence-electron chi connectivity index (χ4n) is 7.59. The van der Waals surface area contributed by atoms with E-state index >= 15 is 0 Å². The second kappa shape index (κ2) is 19.0. The number of nitrogens with zero attached hydrogens (tertiary/aromatic N) is 4. The van der Waals surface area contributed by atoms with Crippen LogP contribution in [-0.4, -0.2) is 123 Å². The molecule has 2 aliphatic heterocycles. The van der Waals surface area contributed by atoms with Gasteiger partial charge in [0.2, 0.25) is 23.8 Å². The highest BCUT2D eigenvalue weighted by molar-refractivity contribution is 7.90. The highest BCUT2D eigenvalue weighted by Crippen LogP contribution is 2.50. The van der Waals surface area contributed by atoms with E-state index in [2.05, 4.69) is 27.5 Å². The van der Waals surface area contributed by atoms with Crippen molar-refractivity contribution in [3.05, 3.63) is 66.6 Å². The first-order valence-electron chi connectivity index (χ1n) is 20.1. The van der Waals surface area contributed by atoms with Gasteiger partial charge < -0.3 is 39.8 Å². The van der Waals surface area contributed by atoms with Gasteiger partial charge in [-0.3, -0.25) is 19.2 Å². The lowest BCUT2D eigenvalue weighted by molar-refractivity contribution is -0.140. The Kier molecular flexibility index (Phi) is 13.5. The molecule has 0 radical (unpaired) electrons. The SMILES string of the molecule is C=C[C@@H]1C[C@]1(N=C=O)C1NC(=O)[C@@H]2C[C@@H](Oc3cc(-c4csc(NC(C)C)n4)nc4cc(OC)ccc34)CN2C(=O)CCOCCOCC(=O)Nc2ccccc2S(=O)(=O)NC1=O. The Labute approximate surface area is 366 Å². The van der Waals surface area contributed by atoms with Crippen LogP contribution in [0.4, 0.5) is 10.8 Å². The maximum Gasteiger partial charge on any atom is 0.266 e. The third kappa shape index (κ3) is 10.0. The van der Waals surface area contributed by atoms with Gasteiger partial charge in [0.25, 0.3) is 15.9 Å². The van der Waals surface area contributed by atoms with Gasteiger partial charge in [0.15, 0.2) is 5.13 Å². The van der Waals surface area contributed by atoms with Gasteiger partial charge >= 0.3 is 0 Å². The van der Waals surface area contributed by atoms with Gasteiger partial charge in [-0.1, -0.05) is 18.2 Å². The van der Waals surface area contributed by atoms with Gasteiger partial charge in [0, 0.05) is 41.3 Å². The normalized spacial score (nSPS) is 24.5. The molecule has 332 valence electrons. The summed E-state index contributed by atoms with van der Waals surface area (Å²) in [6, 6.07) is 9.56. The molecule has 19 nitrogen and oxygen atoms in total. The van der Waals surface area contributed by atoms with E-state index in [0.29, 0.717) is 38.9 Å². The number of carbonyl (C=O) groups excluding carboxylic acids is 5. The van der Waals surface area contributed by atoms with Crippen LogP contribution in [0.1, 0.15) is 33.1 Å². The summed E-state index contributed by atoms with van der Waals surface area (Å²) in [5, 5.41) is 11.6. The Hall–Kier alpha value is -6.25. The zero-order chi connectivity index (χ0) is 44.9. The van der Waals surface area contributed by atoms with Crippen molar-refractivity contribution in [1.82, 2.24) is 24.9 Å². The van der Waals surface area contributed by atoms with Crippen LogP contribution in [0.3, 0.4) is 0 Å². The molecule has 63 heavy (non-hydrogen) atoms. The summed E-state index contributed by atoms with van der Waals surface area (Å²) >= 11 is 1.42. The van der Waals surface area contributed by atoms with Crippen LogP contribution in [0.2, 0.25) is 0 Å². The second-order valence-electron chi connectivity index (χ2n) is 15.4. The zero-order valence-corrected chi connectivity index (χ0v) is 36.3. The maximum absolute atomic E-state index is 14.6. The van der Waals surface area contributed by atoms with Gasteiger partial charge in [0.1, 0.15) is 52.4 Å². The molecule has 1 aliphatic carbocycles. The number of hydrogen-bond donors (Lipinski definition) is 4. The van der Waals surface area contributed by atoms with Crippen LogP contribution in [0.25, 0.3) is 22.3 Å². The number of hydrogen-bond acceptors (Lipinski definition) is 16. The molecule has 5 atom stereocenters. The minimum absolute atomic E-state index is 0.0228. The number of amides is 4. The number of fused-ring (bicyclic) bond motifs is 3. The lowest BCUT2D eigenvalue weighted by atomic mass is 10.0. The number of anilines is 2. The van der Waals surface area contributed by atoms with Gasteiger partial charge in [-0.25, -0.2) is 27.9 Å². The molecule has 2 aromatic carbocycles. The van der Waals surface area contributed by atoms with Crippen LogP contribution < -0.4 is 30.1 Å². The Morgan fingerprint density at radius 1 is 1.06 bits per heavy atom. The largest absolute Gasteiger partial charge is 0.497 e. The number of rotatable bonds is 9. The number of aromatic nitrogens is 2. The van der Waals surface area contributed by atoms with E-state index in [1.54, 1.807) is 31.4 Å². The second-order valence-corrected chi connectivity index (χ2v) is 17.9. The molecule has 0 spiro atoms. The first-order chi connectivity index (χ1) is 30.2. The van der Waals surface area contributed by atoms with Crippen molar-refractivity contribution in [1.29, 1.82) is 0 Å². The quantitative estimate of drug-likeness (QED) is 0.107. The van der Waals surface area contributed by atoms with Crippen molar-refractivity contribution in [3.8, 4) is 22.9 Å². The summed E-state index contributed by atoms with van der Waals surface area (Å²) in [5.41, 5.74) is -0.158. The zero-order valence-electron chi connectivity index (χ0n) is 34.6. The average molecular weight is 903 g/mol. The number of sulfonamides is 1. The average Bonchev–Trinajstić information content (AvgIpc) is 3.51. The third-order valence-corrected chi connectivity index (χ3v) is 12.9. The van der Waals surface area contributed by atoms with E-state index in [4.69, 9.17) is 28.9 Å². The van der Waals surface area contributed by atoms with Crippen LogP contribution in [0, 0.1) is 5.92 Å². The molecule has 0 bridgehead atoms. The third-order valence-electron chi connectivity index (χ3n) is 10.7. The minimum Gasteiger partial charge on any atom is -0.497 e. The van der Waals surface area contributed by atoms with Gasteiger partial charge in [-0.15, -0.1) is 17.9 Å². The summed E-state index contributed by atoms with van der Waals surface area (Å²) in [4.78, 5) is 81.6. The molecule has 4 aromatic rings. The number of nitrogens with one attached hydrogen (secondary N) is 4. The minimum atomic E-state index is -4.74. The highest BCUT2D eigenvalue weighted by atomic mass is 32.2. The molecule has 7 rings (SSSR count). The number of para-hydroxylation sites is 1. The fourth-order valence-corrected chi connectivity index (χ4v) is 9.61. The fraction of sp³-hybridized carbons (Fsp3) is 0.405. The number of aliphatic imine (C=N–C) groups is 1. The van der Waals surface area contributed by atoms with Crippen molar-refractivity contribution in [2.75, 3.05) is 50.7 Å². The Balaban J connectivity index is 1.23. The summed E-state index contributed by atoms with van der Waals surface area (Å²) < 4.78 is 52.8. The standard InChI is InChI=1S/C42H46N8O11S2/c1-5-25-19-42(25,43-23-51)38-40(55)49-63(56,57)35-9-7-6-8-29(35)46-36(52)21-60-15-14-59-13-12-37(53)50-20-27(17-33(50)39(54)48-38)61-34-18-31(32-22-62-41(47-32)44-24(2)3)45-30-16-26(58-4)10-11-28(30)34/h5-11,16,18,22,24-25,27,33,38H,1,12-15,17,19-21H2,2-4H3,(H,44,47)(H,46,52)(H,48,54)(H,49,55)/t25-,27-,33+,38?,42-/m1/s1. The summed E-state index contributed by atoms with van der Waals surface area (Å²) in [5.74, 6) is -2.92. The molecule has 1 saturated carbocycles. The van der Waals surface area contributed by atoms with E-state index in [9.17, 15) is 32.4 Å². The Bertz CT molecular complexity index is 2580. The number of benzene rings is 2. The van der Waals surface area contributed by atoms with Crippen molar-refractivity contribution < 1.29 is 51.3 Å². The highest BCUT2D eigenvalue weighted by Gasteiger charge is 2.62. The number of isocyanates is 1. The monoisotopic (exact) mass is 902 g/mol. The first kappa shape index (κ1) is 44.8. The maximum atomic E-state index is 14.6. The first-order valence-corrected chi connectivity index (χ1v) is 22.4. The van der Waals surface area contributed by atoms with E-state index in [1.807, 2.05) is 23.9 Å². The summed E-state index contributed by atoms with van der Waals surface area (Å²) in [7, 11) is -3.20. The van der Waals surface area contributed by atoms with Crippen LogP contribution in [0.5, 0.6) is 11.5 Å². The molecular formula is C42H46N8O11S2. The molecule has 4 heterocycles. The van der Waals surface area contributed by atoms with E-state index in [-0.39, 0.29) is 57.4 Å². The topological polar surface area (TPSA) is 246 Å². The van der Waals surface area contributed by atoms with E-state index in [0.717, 1.165) is 0 Å². The van der Waals surface area contributed by atoms with E-state index in [1.165, 1.54) is 52.7 Å². The van der Waals surface area contributed by atoms with Crippen molar-refractivity contribution in [3.63, 3.8) is 0 Å². The van der Waals surface area contributed by atoms with E-state index < -0.39 is 74.8 Å². The summed E-state index contributed by atoms with van der Waals surface area (Å²) in [6.45, 7) is 7.19. The molecule has 3 aliphatic rings. The number of pyridine rings is 1. The predicted octanol–water partition coefficient (Wildman–Crippen LogP) is 3.18. The smallest absolute Gasteiger partial charge is 0.266 e. The van der Waals surface area contributed by atoms with Gasteiger partial charge in [-0.2, -0.15) is 4.99 Å².